The summed E-state index contributed by atoms with van der Waals surface area (Å²) in [5, 5.41) is 51.3. The molecule has 0 saturated heterocycles. The van der Waals surface area contributed by atoms with Gasteiger partial charge in [0.05, 0.1) is 50.2 Å². The van der Waals surface area contributed by atoms with E-state index >= 15 is 0 Å². The SMILES string of the molecule is C.Cn1c(O)c(C2=c3ccccc3=NC2=O)c2ccccc21.O=C1/C(=C2\Nc3ccccc3C2=O)Cc2ccccc21.O=C1C(c2c(O)[nH]c3ccccc23)=Nc2ccccc21.O=C1Nc2ccccc2C1=O.Oc1c(-c2[nH]c3ccccc3c2O)[nH]c2ccccc12. The number of nitrogens with one attached hydrogen (secondary N) is 5. The molecule has 9 N–H and O–H groups in total. The Morgan fingerprint density at radius 2 is 0.946 bits per heavy atom. The highest BCUT2D eigenvalue weighted by Crippen LogP contribution is 2.43. The normalized spacial score (nSPS) is 14.4. The van der Waals surface area contributed by atoms with Crippen LogP contribution in [0, 0.1) is 0 Å². The van der Waals surface area contributed by atoms with Gasteiger partial charge < -0.3 is 50.6 Å². The molecule has 9 aromatic carbocycles. The molecule has 4 aliphatic heterocycles. The number of aryl methyl sites for hydroxylation is 1. The smallest absolute Gasteiger partial charge is 0.296 e. The van der Waals surface area contributed by atoms with Crippen LogP contribution < -0.4 is 21.2 Å². The summed E-state index contributed by atoms with van der Waals surface area (Å²) >= 11 is 0. The van der Waals surface area contributed by atoms with Crippen LogP contribution in [-0.4, -0.2) is 80.6 Å². The van der Waals surface area contributed by atoms with Crippen LogP contribution in [-0.2, 0) is 23.1 Å². The van der Waals surface area contributed by atoms with Crippen LogP contribution in [0.4, 0.5) is 17.1 Å². The average molecular weight is 1230 g/mol. The van der Waals surface area contributed by atoms with Crippen molar-refractivity contribution in [3.05, 3.63) is 279 Å². The lowest BCUT2D eigenvalue weighted by atomic mass is 10.0. The molecule has 8 heterocycles. The van der Waals surface area contributed by atoms with Crippen molar-refractivity contribution in [2.45, 2.75) is 13.8 Å². The summed E-state index contributed by atoms with van der Waals surface area (Å²) in [6, 6.07) is 66.4. The van der Waals surface area contributed by atoms with E-state index < -0.39 is 11.7 Å². The van der Waals surface area contributed by atoms with Gasteiger partial charge in [-0.3, -0.25) is 28.8 Å². The maximum absolute atomic E-state index is 12.4. The van der Waals surface area contributed by atoms with Crippen LogP contribution >= 0.6 is 0 Å². The van der Waals surface area contributed by atoms with E-state index in [0.717, 1.165) is 60.1 Å². The molecule has 0 atom stereocenters. The van der Waals surface area contributed by atoms with Crippen molar-refractivity contribution in [3.8, 4) is 34.6 Å². The second kappa shape index (κ2) is 23.9. The number of carbonyl (C=O) groups is 6. The number of amides is 2. The maximum atomic E-state index is 12.4. The third-order valence-corrected chi connectivity index (χ3v) is 16.6. The molecular formula is C75H54N8O10. The first-order valence-electron chi connectivity index (χ1n) is 29.1. The highest BCUT2D eigenvalue weighted by Gasteiger charge is 2.35. The van der Waals surface area contributed by atoms with Crippen LogP contribution in [0.3, 0.4) is 0 Å². The molecule has 0 saturated carbocycles. The van der Waals surface area contributed by atoms with Crippen molar-refractivity contribution in [3.63, 3.8) is 0 Å². The van der Waals surface area contributed by atoms with Crippen LogP contribution in [0.1, 0.15) is 65.5 Å². The van der Waals surface area contributed by atoms with Crippen molar-refractivity contribution in [2.24, 2.45) is 17.0 Å². The molecule has 0 unspecified atom stereocenters. The van der Waals surface area contributed by atoms with Gasteiger partial charge in [0, 0.05) is 84.7 Å². The third-order valence-electron chi connectivity index (χ3n) is 16.6. The Morgan fingerprint density at radius 3 is 1.56 bits per heavy atom. The Balaban J connectivity index is 0.000000107. The number of anilines is 2. The molecule has 0 spiro atoms. The van der Waals surface area contributed by atoms with E-state index in [1.165, 1.54) is 0 Å². The molecular weight excluding hydrogens is 1170 g/mol. The quantitative estimate of drug-likeness (QED) is 0.0592. The fourth-order valence-electron chi connectivity index (χ4n) is 12.1. The van der Waals surface area contributed by atoms with Gasteiger partial charge in [0.1, 0.15) is 17.1 Å². The summed E-state index contributed by atoms with van der Waals surface area (Å²) in [5.74, 6) is -1.21. The average Bonchev–Trinajstić information content (AvgIpc) is 1.62. The minimum absolute atomic E-state index is 0. The number of rotatable bonds is 3. The first kappa shape index (κ1) is 59.0. The van der Waals surface area contributed by atoms with E-state index in [9.17, 15) is 49.2 Å². The summed E-state index contributed by atoms with van der Waals surface area (Å²) < 4.78 is 1.69. The topological polar surface area (TPSA) is 284 Å². The predicted octanol–water partition coefficient (Wildman–Crippen LogP) is 12.6. The molecule has 454 valence electrons. The molecule has 0 radical (unpaired) electrons. The number of carbonyl (C=O) groups excluding carboxylic acids is 6. The summed E-state index contributed by atoms with van der Waals surface area (Å²) in [6.07, 6.45) is 0.525. The minimum atomic E-state index is -0.536. The lowest BCUT2D eigenvalue weighted by Gasteiger charge is -2.02. The van der Waals surface area contributed by atoms with Crippen molar-refractivity contribution in [1.82, 2.24) is 19.5 Å². The highest BCUT2D eigenvalue weighted by atomic mass is 16.3. The van der Waals surface area contributed by atoms with Crippen LogP contribution in [0.5, 0.6) is 23.3 Å². The number of nitrogens with zero attached hydrogens (tertiary/aromatic N) is 3. The van der Waals surface area contributed by atoms with Gasteiger partial charge in [0.15, 0.2) is 29.0 Å². The lowest BCUT2D eigenvalue weighted by molar-refractivity contribution is -0.113. The highest BCUT2D eigenvalue weighted by molar-refractivity contribution is 6.57. The first-order chi connectivity index (χ1) is 44.7. The number of hydrogen-bond acceptors (Lipinski definition) is 12. The molecule has 0 fully saturated rings. The Bertz CT molecular complexity index is 5400. The van der Waals surface area contributed by atoms with Gasteiger partial charge in [0.2, 0.25) is 11.6 Å². The van der Waals surface area contributed by atoms with Crippen molar-refractivity contribution in [2.75, 3.05) is 10.6 Å². The van der Waals surface area contributed by atoms with Gasteiger partial charge in [-0.05, 0) is 84.4 Å². The number of ketones is 4. The number of fused-ring (bicyclic) bond motifs is 9. The molecule has 18 heteroatoms. The zero-order valence-corrected chi connectivity index (χ0v) is 48.6. The number of aromatic hydroxyl groups is 4. The molecule has 18 nitrogen and oxygen atoms in total. The van der Waals surface area contributed by atoms with Gasteiger partial charge in [-0.1, -0.05) is 147 Å². The van der Waals surface area contributed by atoms with Crippen LogP contribution in [0.25, 0.3) is 60.6 Å². The van der Waals surface area contributed by atoms with Crippen molar-refractivity contribution < 1.29 is 49.2 Å². The van der Waals surface area contributed by atoms with Crippen LogP contribution in [0.2, 0.25) is 0 Å². The minimum Gasteiger partial charge on any atom is -0.505 e. The largest absolute Gasteiger partial charge is 0.505 e. The monoisotopic (exact) mass is 1230 g/mol. The molecule has 0 bridgehead atoms. The fourth-order valence-corrected chi connectivity index (χ4v) is 12.1. The molecule has 5 aliphatic rings. The number of aromatic amines is 3. The molecule has 4 aromatic heterocycles. The molecule has 1 aliphatic carbocycles. The van der Waals surface area contributed by atoms with E-state index in [-0.39, 0.29) is 53.9 Å². The van der Waals surface area contributed by atoms with E-state index in [2.05, 4.69) is 35.6 Å². The summed E-state index contributed by atoms with van der Waals surface area (Å²) in [4.78, 5) is 88.9. The Kier molecular flexibility index (Phi) is 15.1. The van der Waals surface area contributed by atoms with E-state index in [1.807, 2.05) is 176 Å². The van der Waals surface area contributed by atoms with E-state index in [4.69, 9.17) is 0 Å². The molecule has 18 rings (SSSR count). The number of benzene rings is 9. The molecule has 93 heavy (non-hydrogen) atoms. The Hall–Kier alpha value is -13.0. The standard InChI is InChI=1S/C17H12N2O2.C17H11NO2.C16H12N2O2.C16H10N2O2.C8H5NO2.CH4/c1-19-13-9-5-3-7-11(13)15(17(19)21)14-10-6-2-4-8-12(10)18-16(14)20;19-16-11-6-2-1-5-10(11)9-13(16)15-17(20)12-7-3-4-8-14(12)18-15;19-15-9-5-1-3-7-11(9)17-13(15)14-16(20)10-6-2-4-8-12(10)18-14;19-15-10-6-2-4-8-12(10)17-14(15)13-9-5-1-3-7-11(9)18-16(13)20;10-7-5-3-1-2-4-6(5)9-8(7)11;/h2-9,21H,1H3;1-8,18H,9H2;1-8,17-20H;1-8,18,20H;1-4H,(H,9,10,11);1H4/b;15-13-;;;;. The van der Waals surface area contributed by atoms with Crippen molar-refractivity contribution >= 4 is 107 Å². The number of hydrogen-bond donors (Lipinski definition) is 9. The third kappa shape index (κ3) is 10.2. The zero-order valence-electron chi connectivity index (χ0n) is 48.6. The summed E-state index contributed by atoms with van der Waals surface area (Å²) in [6.45, 7) is 0. The first-order valence-corrected chi connectivity index (χ1v) is 29.1. The molecule has 2 amide bonds. The second-order valence-corrected chi connectivity index (χ2v) is 21.9. The lowest BCUT2D eigenvalue weighted by Crippen LogP contribution is -2.22. The fraction of sp³-hybridized carbons (Fsp3) is 0.0400. The number of allylic oxidation sites excluding steroid dienone is 2. The number of H-pyrrole nitrogens is 3. The predicted molar refractivity (Wildman–Crippen MR) is 357 cm³/mol. The number of aliphatic imine (C=N–C) groups is 1. The van der Waals surface area contributed by atoms with Gasteiger partial charge in [-0.25, -0.2) is 9.98 Å². The molecule has 13 aromatic rings. The Morgan fingerprint density at radius 1 is 0.441 bits per heavy atom. The Labute approximate surface area is 528 Å². The van der Waals surface area contributed by atoms with Crippen molar-refractivity contribution in [1.29, 1.82) is 0 Å². The number of para-hydroxylation sites is 8. The van der Waals surface area contributed by atoms with Crippen LogP contribution in [0.15, 0.2) is 240 Å². The number of aromatic nitrogens is 4. The summed E-state index contributed by atoms with van der Waals surface area (Å²) in [5.41, 5.74) is 12.6. The van der Waals surface area contributed by atoms with Gasteiger partial charge in [-0.2, -0.15) is 0 Å². The van der Waals surface area contributed by atoms with E-state index in [1.54, 1.807) is 54.1 Å². The van der Waals surface area contributed by atoms with Gasteiger partial charge in [0.25, 0.3) is 17.6 Å². The van der Waals surface area contributed by atoms with Gasteiger partial charge in [-0.15, -0.1) is 0 Å². The van der Waals surface area contributed by atoms with E-state index in [0.29, 0.717) is 90.5 Å². The zero-order chi connectivity index (χ0) is 63.5. The maximum Gasteiger partial charge on any atom is 0.296 e. The number of Topliss-reactive ketones (excluding diaryl/α,β-unsaturated/α-hetero) is 4. The van der Waals surface area contributed by atoms with Gasteiger partial charge >= 0.3 is 0 Å². The summed E-state index contributed by atoms with van der Waals surface area (Å²) in [7, 11) is 1.78. The second-order valence-electron chi connectivity index (χ2n) is 21.9.